The molecule has 22 heavy (non-hydrogen) atoms. The van der Waals surface area contributed by atoms with Gasteiger partial charge in [0.2, 0.25) is 6.79 Å². The van der Waals surface area contributed by atoms with Gasteiger partial charge in [-0.3, -0.25) is 0 Å². The van der Waals surface area contributed by atoms with E-state index in [-0.39, 0.29) is 12.5 Å². The fourth-order valence-corrected chi connectivity index (χ4v) is 2.61. The number of aromatic nitrogens is 1. The van der Waals surface area contributed by atoms with E-state index in [4.69, 9.17) is 14.0 Å². The minimum absolute atomic E-state index is 0.223. The van der Waals surface area contributed by atoms with Crippen molar-refractivity contribution in [2.45, 2.75) is 6.92 Å². The van der Waals surface area contributed by atoms with Crippen LogP contribution in [0, 0.1) is 6.92 Å². The molecule has 0 amide bonds. The number of hydrogen-bond acceptors (Lipinski definition) is 5. The summed E-state index contributed by atoms with van der Waals surface area (Å²) in [6.45, 7) is 2.21. The zero-order valence-corrected chi connectivity index (χ0v) is 11.9. The predicted octanol–water partition coefficient (Wildman–Crippen LogP) is 3.75. The Bertz CT molecular complexity index is 836. The van der Waals surface area contributed by atoms with Gasteiger partial charge in [-0.25, -0.2) is 0 Å². The van der Waals surface area contributed by atoms with Gasteiger partial charge in [0.15, 0.2) is 11.5 Å². The summed E-state index contributed by atoms with van der Waals surface area (Å²) in [6, 6.07) is 10.8. The second-order valence-corrected chi connectivity index (χ2v) is 5.15. The molecule has 0 saturated carbocycles. The van der Waals surface area contributed by atoms with Crippen LogP contribution in [-0.4, -0.2) is 17.1 Å². The Morgan fingerprint density at radius 3 is 2.68 bits per heavy atom. The Balaban J connectivity index is 1.83. The number of benzene rings is 2. The van der Waals surface area contributed by atoms with E-state index >= 15 is 0 Å². The summed E-state index contributed by atoms with van der Waals surface area (Å²) in [5, 5.41) is 13.5. The van der Waals surface area contributed by atoms with Gasteiger partial charge >= 0.3 is 0 Å². The molecular formula is C17H13NO4. The molecule has 110 valence electrons. The van der Waals surface area contributed by atoms with E-state index in [1.165, 1.54) is 0 Å². The van der Waals surface area contributed by atoms with Crippen molar-refractivity contribution < 1.29 is 19.1 Å². The summed E-state index contributed by atoms with van der Waals surface area (Å²) in [4.78, 5) is 0. The van der Waals surface area contributed by atoms with Crippen molar-refractivity contribution in [1.29, 1.82) is 0 Å². The van der Waals surface area contributed by atoms with Crippen molar-refractivity contribution in [3.63, 3.8) is 0 Å². The standard InChI is InChI=1S/C17H13NO4/c1-10-6-12(7-15-17(10)21-9-20-15)16-14(8-22-18-16)11-2-4-13(19)5-3-11/h2-8,19H,9H2,1H3. The van der Waals surface area contributed by atoms with Crippen LogP contribution >= 0.6 is 0 Å². The molecular weight excluding hydrogens is 282 g/mol. The number of nitrogens with zero attached hydrogens (tertiary/aromatic N) is 1. The minimum atomic E-state index is 0.223. The summed E-state index contributed by atoms with van der Waals surface area (Å²) in [6.07, 6.45) is 1.60. The number of rotatable bonds is 2. The van der Waals surface area contributed by atoms with Crippen LogP contribution in [0.15, 0.2) is 47.2 Å². The molecule has 1 aromatic heterocycles. The van der Waals surface area contributed by atoms with Crippen molar-refractivity contribution in [3.05, 3.63) is 48.2 Å². The summed E-state index contributed by atoms with van der Waals surface area (Å²) >= 11 is 0. The molecule has 1 N–H and O–H groups in total. The van der Waals surface area contributed by atoms with Crippen molar-refractivity contribution >= 4 is 0 Å². The summed E-state index contributed by atoms with van der Waals surface area (Å²) in [5.41, 5.74) is 4.40. The lowest BCUT2D eigenvalue weighted by Gasteiger charge is -2.06. The maximum Gasteiger partial charge on any atom is 0.231 e. The SMILES string of the molecule is Cc1cc(-c2nocc2-c2ccc(O)cc2)cc2c1OCO2. The number of fused-ring (bicyclic) bond motifs is 1. The van der Waals surface area contributed by atoms with Crippen molar-refractivity contribution in [2.24, 2.45) is 0 Å². The Hall–Kier alpha value is -2.95. The van der Waals surface area contributed by atoms with Gasteiger partial charge in [-0.15, -0.1) is 0 Å². The van der Waals surface area contributed by atoms with Gasteiger partial charge in [-0.2, -0.15) is 0 Å². The highest BCUT2D eigenvalue weighted by atomic mass is 16.7. The molecule has 0 atom stereocenters. The highest BCUT2D eigenvalue weighted by molar-refractivity contribution is 5.81. The molecule has 0 saturated heterocycles. The van der Waals surface area contributed by atoms with Crippen molar-refractivity contribution in [3.8, 4) is 39.6 Å². The summed E-state index contributed by atoms with van der Waals surface area (Å²) < 4.78 is 16.1. The molecule has 1 aliphatic rings. The molecule has 0 spiro atoms. The molecule has 1 aliphatic heterocycles. The van der Waals surface area contributed by atoms with Crippen LogP contribution in [0.25, 0.3) is 22.4 Å². The number of phenols is 1. The van der Waals surface area contributed by atoms with E-state index in [9.17, 15) is 5.11 Å². The molecule has 0 unspecified atom stereocenters. The quantitative estimate of drug-likeness (QED) is 0.780. The average Bonchev–Trinajstić information content (AvgIpc) is 3.16. The number of aryl methyl sites for hydroxylation is 1. The first-order valence-corrected chi connectivity index (χ1v) is 6.87. The average molecular weight is 295 g/mol. The smallest absolute Gasteiger partial charge is 0.231 e. The van der Waals surface area contributed by atoms with Crippen LogP contribution in [0.5, 0.6) is 17.2 Å². The molecule has 0 aliphatic carbocycles. The van der Waals surface area contributed by atoms with E-state index in [0.717, 1.165) is 39.4 Å². The third-order valence-corrected chi connectivity index (χ3v) is 3.68. The zero-order valence-electron chi connectivity index (χ0n) is 11.9. The van der Waals surface area contributed by atoms with Crippen LogP contribution < -0.4 is 9.47 Å². The lowest BCUT2D eigenvalue weighted by Crippen LogP contribution is -1.93. The lowest BCUT2D eigenvalue weighted by molar-refractivity contribution is 0.173. The second-order valence-electron chi connectivity index (χ2n) is 5.15. The molecule has 5 nitrogen and oxygen atoms in total. The molecule has 2 heterocycles. The van der Waals surface area contributed by atoms with Crippen LogP contribution in [0.3, 0.4) is 0 Å². The van der Waals surface area contributed by atoms with E-state index in [1.54, 1.807) is 18.4 Å². The first-order chi connectivity index (χ1) is 10.7. The first kappa shape index (κ1) is 12.8. The molecule has 3 aromatic rings. The highest BCUT2D eigenvalue weighted by Crippen LogP contribution is 2.41. The van der Waals surface area contributed by atoms with E-state index in [1.807, 2.05) is 31.2 Å². The van der Waals surface area contributed by atoms with Crippen LogP contribution in [0.2, 0.25) is 0 Å². The lowest BCUT2D eigenvalue weighted by atomic mass is 10.00. The molecule has 0 radical (unpaired) electrons. The highest BCUT2D eigenvalue weighted by Gasteiger charge is 2.20. The molecule has 0 bridgehead atoms. The fourth-order valence-electron chi connectivity index (χ4n) is 2.61. The van der Waals surface area contributed by atoms with Gasteiger partial charge in [0.05, 0.1) is 0 Å². The minimum Gasteiger partial charge on any atom is -0.508 e. The van der Waals surface area contributed by atoms with Gasteiger partial charge in [0, 0.05) is 11.1 Å². The maximum atomic E-state index is 9.41. The van der Waals surface area contributed by atoms with Gasteiger partial charge < -0.3 is 19.1 Å². The van der Waals surface area contributed by atoms with Gasteiger partial charge in [0.1, 0.15) is 17.7 Å². The maximum absolute atomic E-state index is 9.41. The largest absolute Gasteiger partial charge is 0.508 e. The zero-order chi connectivity index (χ0) is 15.1. The number of hydrogen-bond donors (Lipinski definition) is 1. The monoisotopic (exact) mass is 295 g/mol. The fraction of sp³-hybridized carbons (Fsp3) is 0.118. The third kappa shape index (κ3) is 1.98. The van der Waals surface area contributed by atoms with E-state index in [0.29, 0.717) is 0 Å². The number of aromatic hydroxyl groups is 1. The first-order valence-electron chi connectivity index (χ1n) is 6.87. The van der Waals surface area contributed by atoms with Crippen LogP contribution in [-0.2, 0) is 0 Å². The summed E-state index contributed by atoms with van der Waals surface area (Å²) in [5.74, 6) is 1.72. The Morgan fingerprint density at radius 1 is 1.05 bits per heavy atom. The molecule has 5 heteroatoms. The van der Waals surface area contributed by atoms with Crippen molar-refractivity contribution in [2.75, 3.05) is 6.79 Å². The normalized spacial score (nSPS) is 12.6. The van der Waals surface area contributed by atoms with Crippen molar-refractivity contribution in [1.82, 2.24) is 5.16 Å². The number of phenolic OH excluding ortho intramolecular Hbond substituents is 1. The van der Waals surface area contributed by atoms with Crippen LogP contribution in [0.4, 0.5) is 0 Å². The number of ether oxygens (including phenoxy) is 2. The molecule has 0 fully saturated rings. The Kier molecular flexibility index (Phi) is 2.79. The van der Waals surface area contributed by atoms with Gasteiger partial charge in [0.25, 0.3) is 0 Å². The van der Waals surface area contributed by atoms with Gasteiger partial charge in [-0.1, -0.05) is 17.3 Å². The van der Waals surface area contributed by atoms with E-state index < -0.39 is 0 Å². The topological polar surface area (TPSA) is 64.7 Å². The van der Waals surface area contributed by atoms with E-state index in [2.05, 4.69) is 5.16 Å². The molecule has 4 rings (SSSR count). The Morgan fingerprint density at radius 2 is 1.86 bits per heavy atom. The second kappa shape index (κ2) is 4.80. The Labute approximate surface area is 126 Å². The summed E-state index contributed by atoms with van der Waals surface area (Å²) in [7, 11) is 0. The molecule has 2 aromatic carbocycles. The predicted molar refractivity (Wildman–Crippen MR) is 79.9 cm³/mol. The van der Waals surface area contributed by atoms with Gasteiger partial charge in [-0.05, 0) is 42.3 Å². The third-order valence-electron chi connectivity index (χ3n) is 3.68. The van der Waals surface area contributed by atoms with Crippen LogP contribution in [0.1, 0.15) is 5.56 Å².